The quantitative estimate of drug-likeness (QED) is 0.223. The zero-order chi connectivity index (χ0) is 15.2. The average molecular weight is 340 g/mol. The van der Waals surface area contributed by atoms with Crippen LogP contribution in [-0.4, -0.2) is 22.9 Å². The molecule has 21 heavy (non-hydrogen) atoms. The van der Waals surface area contributed by atoms with Gasteiger partial charge in [-0.1, -0.05) is 23.4 Å². The minimum absolute atomic E-state index is 0.0344. The van der Waals surface area contributed by atoms with Gasteiger partial charge in [-0.25, -0.2) is 4.98 Å². The number of halogens is 1. The van der Waals surface area contributed by atoms with Gasteiger partial charge >= 0.3 is 0 Å². The molecule has 0 fully saturated rings. The van der Waals surface area contributed by atoms with Gasteiger partial charge in [-0.2, -0.15) is 5.26 Å². The van der Waals surface area contributed by atoms with E-state index in [0.29, 0.717) is 17.5 Å². The molecule has 0 aliphatic rings. The van der Waals surface area contributed by atoms with Gasteiger partial charge in [-0.3, -0.25) is 10.3 Å². The van der Waals surface area contributed by atoms with E-state index in [1.807, 2.05) is 38.2 Å². The van der Waals surface area contributed by atoms with Crippen molar-refractivity contribution in [2.24, 2.45) is 4.99 Å². The van der Waals surface area contributed by atoms with Crippen molar-refractivity contribution < 1.29 is 0 Å². The smallest absolute Gasteiger partial charge is 0.205 e. The molecule has 2 aromatic rings. The van der Waals surface area contributed by atoms with Crippen LogP contribution < -0.4 is 10.6 Å². The number of aliphatic imine (C=N–C) groups is 1. The van der Waals surface area contributed by atoms with E-state index < -0.39 is 0 Å². The number of hydrogen-bond acceptors (Lipinski definition) is 5. The zero-order valence-corrected chi connectivity index (χ0v) is 13.9. The second-order valence-corrected chi connectivity index (χ2v) is 7.11. The van der Waals surface area contributed by atoms with Gasteiger partial charge in [0.05, 0.1) is 15.6 Å². The lowest BCUT2D eigenvalue weighted by molar-refractivity contribution is 0.857. The van der Waals surface area contributed by atoms with Crippen molar-refractivity contribution in [2.75, 3.05) is 6.54 Å². The van der Waals surface area contributed by atoms with Crippen molar-refractivity contribution >= 4 is 50.9 Å². The Labute approximate surface area is 136 Å². The Kier molecular flexibility index (Phi) is 5.67. The van der Waals surface area contributed by atoms with Gasteiger partial charge in [0.25, 0.3) is 0 Å². The van der Waals surface area contributed by atoms with Gasteiger partial charge in [0, 0.05) is 11.6 Å². The van der Waals surface area contributed by atoms with Gasteiger partial charge in [0.1, 0.15) is 0 Å². The summed E-state index contributed by atoms with van der Waals surface area (Å²) in [5, 5.41) is 15.1. The van der Waals surface area contributed by atoms with Crippen molar-refractivity contribution in [1.82, 2.24) is 15.6 Å². The Morgan fingerprint density at radius 1 is 1.62 bits per heavy atom. The van der Waals surface area contributed by atoms with Crippen molar-refractivity contribution in [1.29, 1.82) is 5.26 Å². The Hall–Kier alpha value is -1.49. The second-order valence-electron chi connectivity index (χ2n) is 4.06. The van der Waals surface area contributed by atoms with E-state index in [4.69, 9.17) is 16.9 Å². The fourth-order valence-corrected chi connectivity index (χ4v) is 4.00. The molecule has 0 aliphatic carbocycles. The predicted molar refractivity (Wildman–Crippen MR) is 89.8 cm³/mol. The maximum atomic E-state index is 8.68. The molecule has 110 valence electrons. The summed E-state index contributed by atoms with van der Waals surface area (Å²) in [5.74, 6) is 0.476. The first-order chi connectivity index (χ1) is 10.1. The summed E-state index contributed by atoms with van der Waals surface area (Å²) < 4.78 is 2.05. The molecule has 0 bridgehead atoms. The number of thiazole rings is 1. The summed E-state index contributed by atoms with van der Waals surface area (Å²) in [7, 11) is 0. The van der Waals surface area contributed by atoms with E-state index in [2.05, 4.69) is 20.6 Å². The Morgan fingerprint density at radius 3 is 3.14 bits per heavy atom. The predicted octanol–water partition coefficient (Wildman–Crippen LogP) is 3.42. The fourth-order valence-electron chi connectivity index (χ4n) is 1.64. The number of benzene rings is 1. The number of fused-ring (bicyclic) bond motifs is 1. The first-order valence-corrected chi connectivity index (χ1v) is 8.38. The molecule has 0 saturated carbocycles. The molecular weight excluding hydrogens is 326 g/mol. The molecule has 2 rings (SSSR count). The van der Waals surface area contributed by atoms with Crippen LogP contribution in [0.2, 0.25) is 5.02 Å². The van der Waals surface area contributed by atoms with E-state index in [-0.39, 0.29) is 5.37 Å². The van der Waals surface area contributed by atoms with E-state index in [1.54, 1.807) is 23.1 Å². The van der Waals surface area contributed by atoms with E-state index in [1.165, 1.54) is 0 Å². The van der Waals surface area contributed by atoms with Crippen molar-refractivity contribution in [3.63, 3.8) is 0 Å². The number of nitrogens with zero attached hydrogens (tertiary/aromatic N) is 3. The summed E-state index contributed by atoms with van der Waals surface area (Å²) in [6, 6.07) is 5.69. The van der Waals surface area contributed by atoms with Crippen LogP contribution in [0.15, 0.2) is 27.5 Å². The number of nitrogens with one attached hydrogen (secondary N) is 2. The van der Waals surface area contributed by atoms with Gasteiger partial charge in [0.15, 0.2) is 10.5 Å². The molecule has 0 amide bonds. The van der Waals surface area contributed by atoms with Crippen LogP contribution in [-0.2, 0) is 0 Å². The largest absolute Gasteiger partial charge is 0.344 e. The van der Waals surface area contributed by atoms with Crippen LogP contribution in [0.25, 0.3) is 10.2 Å². The molecule has 0 radical (unpaired) electrons. The maximum Gasteiger partial charge on any atom is 0.205 e. The number of thioether (sulfide) groups is 1. The number of nitriles is 1. The van der Waals surface area contributed by atoms with Crippen molar-refractivity contribution in [3.05, 3.63) is 23.2 Å². The summed E-state index contributed by atoms with van der Waals surface area (Å²) in [6.07, 6.45) is 1.87. The summed E-state index contributed by atoms with van der Waals surface area (Å²) in [4.78, 5) is 8.72. The summed E-state index contributed by atoms with van der Waals surface area (Å²) >= 11 is 9.16. The Bertz CT molecular complexity index is 691. The molecule has 1 aromatic heterocycles. The number of guanidine groups is 1. The normalized spacial score (nSPS) is 13.0. The van der Waals surface area contributed by atoms with Crippen molar-refractivity contribution in [3.8, 4) is 6.19 Å². The average Bonchev–Trinajstić information content (AvgIpc) is 2.80. The van der Waals surface area contributed by atoms with Gasteiger partial charge in [-0.05, 0) is 32.0 Å². The monoisotopic (exact) mass is 339 g/mol. The summed E-state index contributed by atoms with van der Waals surface area (Å²) in [5.41, 5.74) is 0.903. The highest BCUT2D eigenvalue weighted by Crippen LogP contribution is 2.32. The zero-order valence-electron chi connectivity index (χ0n) is 11.6. The van der Waals surface area contributed by atoms with E-state index >= 15 is 0 Å². The van der Waals surface area contributed by atoms with Crippen LogP contribution in [0.4, 0.5) is 0 Å². The van der Waals surface area contributed by atoms with Crippen LogP contribution in [0.3, 0.4) is 0 Å². The molecule has 5 nitrogen and oxygen atoms in total. The SMILES string of the molecule is CC/N=C(/NC#N)NC(C)Sc1nc2cc(Cl)ccc2s1. The highest BCUT2D eigenvalue weighted by Gasteiger charge is 2.11. The van der Waals surface area contributed by atoms with Crippen LogP contribution in [0.1, 0.15) is 13.8 Å². The van der Waals surface area contributed by atoms with E-state index in [9.17, 15) is 0 Å². The second kappa shape index (κ2) is 7.50. The first-order valence-electron chi connectivity index (χ1n) is 6.31. The Balaban J connectivity index is 2.05. The van der Waals surface area contributed by atoms with Gasteiger partial charge < -0.3 is 5.32 Å². The standard InChI is InChI=1S/C13H14ClN5S2/c1-3-16-12(17-7-15)18-8(2)20-13-19-10-6-9(14)4-5-11(10)21-13/h4-6,8H,3H2,1-2H3,(H2,16,17,18). The molecule has 0 saturated heterocycles. The van der Waals surface area contributed by atoms with Gasteiger partial charge in [0.2, 0.25) is 5.96 Å². The molecule has 1 heterocycles. The number of rotatable bonds is 4. The topological polar surface area (TPSA) is 73.1 Å². The van der Waals surface area contributed by atoms with Crippen molar-refractivity contribution in [2.45, 2.75) is 23.6 Å². The maximum absolute atomic E-state index is 8.68. The molecule has 0 spiro atoms. The Morgan fingerprint density at radius 2 is 2.43 bits per heavy atom. The third-order valence-corrected chi connectivity index (χ3v) is 4.81. The highest BCUT2D eigenvalue weighted by atomic mass is 35.5. The first kappa shape index (κ1) is 15.9. The minimum atomic E-state index is 0.0344. The lowest BCUT2D eigenvalue weighted by atomic mass is 10.3. The summed E-state index contributed by atoms with van der Waals surface area (Å²) in [6.45, 7) is 4.51. The molecular formula is C13H14ClN5S2. The molecule has 8 heteroatoms. The lowest BCUT2D eigenvalue weighted by Crippen LogP contribution is -2.38. The lowest BCUT2D eigenvalue weighted by Gasteiger charge is -2.13. The molecule has 1 atom stereocenters. The van der Waals surface area contributed by atoms with Crippen LogP contribution in [0.5, 0.6) is 0 Å². The highest BCUT2D eigenvalue weighted by molar-refractivity contribution is 8.01. The van der Waals surface area contributed by atoms with Crippen LogP contribution in [0, 0.1) is 11.5 Å². The molecule has 0 aliphatic heterocycles. The van der Waals surface area contributed by atoms with Crippen LogP contribution >= 0.6 is 34.7 Å². The number of hydrogen-bond donors (Lipinski definition) is 2. The van der Waals surface area contributed by atoms with E-state index in [0.717, 1.165) is 14.6 Å². The fraction of sp³-hybridized carbons (Fsp3) is 0.308. The third kappa shape index (κ3) is 4.49. The molecule has 1 aromatic carbocycles. The molecule has 2 N–H and O–H groups in total. The minimum Gasteiger partial charge on any atom is -0.344 e. The van der Waals surface area contributed by atoms with Gasteiger partial charge in [-0.15, -0.1) is 11.3 Å². The number of aromatic nitrogens is 1. The third-order valence-electron chi connectivity index (χ3n) is 2.44. The molecule has 1 unspecified atom stereocenters.